The second-order valence-electron chi connectivity index (χ2n) is 8.12. The molecule has 3 heterocycles. The summed E-state index contributed by atoms with van der Waals surface area (Å²) >= 11 is 5.98. The number of aromatic nitrogens is 3. The van der Waals surface area contributed by atoms with Crippen molar-refractivity contribution in [2.75, 3.05) is 10.6 Å². The molecule has 0 aliphatic heterocycles. The van der Waals surface area contributed by atoms with E-state index in [-0.39, 0.29) is 5.91 Å². The van der Waals surface area contributed by atoms with Crippen LogP contribution in [-0.2, 0) is 0 Å². The van der Waals surface area contributed by atoms with Gasteiger partial charge in [-0.15, -0.1) is 0 Å². The molecule has 0 saturated carbocycles. The van der Waals surface area contributed by atoms with Crippen LogP contribution in [0.25, 0.3) is 16.9 Å². The largest absolute Gasteiger partial charge is 0.354 e. The van der Waals surface area contributed by atoms with E-state index in [1.54, 1.807) is 18.3 Å². The summed E-state index contributed by atoms with van der Waals surface area (Å²) in [5.41, 5.74) is 7.26. The van der Waals surface area contributed by atoms with Gasteiger partial charge in [-0.2, -0.15) is 0 Å². The number of carbonyl (C=O) groups is 1. The number of amides is 1. The minimum Gasteiger partial charge on any atom is -0.354 e. The summed E-state index contributed by atoms with van der Waals surface area (Å²) in [4.78, 5) is 22.2. The van der Waals surface area contributed by atoms with E-state index in [0.29, 0.717) is 22.1 Å². The minimum absolute atomic E-state index is 0.299. The molecule has 0 bridgehead atoms. The molecule has 0 unspecified atom stereocenters. The van der Waals surface area contributed by atoms with Crippen molar-refractivity contribution in [3.8, 4) is 11.3 Å². The van der Waals surface area contributed by atoms with E-state index in [4.69, 9.17) is 16.6 Å². The van der Waals surface area contributed by atoms with Crippen molar-refractivity contribution in [1.82, 2.24) is 14.4 Å². The van der Waals surface area contributed by atoms with Crippen LogP contribution in [0.4, 0.5) is 17.1 Å². The van der Waals surface area contributed by atoms with Crippen LogP contribution in [0, 0.1) is 13.8 Å². The second kappa shape index (κ2) is 9.00. The fraction of sp³-hybridized carbons (Fsp3) is 0.0741. The van der Waals surface area contributed by atoms with Gasteiger partial charge in [-0.1, -0.05) is 29.8 Å². The molecule has 5 aromatic rings. The molecular formula is C27H22ClN5O. The molecule has 0 spiro atoms. The summed E-state index contributed by atoms with van der Waals surface area (Å²) in [7, 11) is 0. The predicted molar refractivity (Wildman–Crippen MR) is 137 cm³/mol. The summed E-state index contributed by atoms with van der Waals surface area (Å²) in [6, 6.07) is 20.8. The molecule has 7 heteroatoms. The zero-order valence-corrected chi connectivity index (χ0v) is 19.5. The van der Waals surface area contributed by atoms with Crippen molar-refractivity contribution in [2.24, 2.45) is 0 Å². The highest BCUT2D eigenvalue weighted by atomic mass is 35.5. The molecule has 0 radical (unpaired) electrons. The Morgan fingerprint density at radius 2 is 1.71 bits per heavy atom. The molecule has 6 nitrogen and oxygen atoms in total. The fourth-order valence-corrected chi connectivity index (χ4v) is 3.87. The van der Waals surface area contributed by atoms with Crippen LogP contribution >= 0.6 is 11.6 Å². The van der Waals surface area contributed by atoms with Gasteiger partial charge in [0.1, 0.15) is 5.65 Å². The molecule has 5 rings (SSSR count). The summed E-state index contributed by atoms with van der Waals surface area (Å²) in [6.45, 7) is 3.97. The van der Waals surface area contributed by atoms with Gasteiger partial charge in [0.25, 0.3) is 5.91 Å². The van der Waals surface area contributed by atoms with E-state index in [2.05, 4.69) is 15.6 Å². The number of fused-ring (bicyclic) bond motifs is 1. The average molecular weight is 468 g/mol. The smallest absolute Gasteiger partial charge is 0.276 e. The van der Waals surface area contributed by atoms with Gasteiger partial charge in [0.15, 0.2) is 5.69 Å². The van der Waals surface area contributed by atoms with Crippen molar-refractivity contribution in [3.05, 3.63) is 107 Å². The molecule has 0 saturated heterocycles. The SMILES string of the molecule is Cc1cnc(C(=O)Nc2ccc(-c3cn4cccc(C)c4n3)cc2)c(Nc2ccc(Cl)cc2)c1. The first-order valence-electron chi connectivity index (χ1n) is 10.8. The van der Waals surface area contributed by atoms with Crippen molar-refractivity contribution >= 4 is 40.2 Å². The number of carbonyl (C=O) groups excluding carboxylic acids is 1. The predicted octanol–water partition coefficient (Wildman–Crippen LogP) is 6.66. The molecule has 2 aromatic carbocycles. The van der Waals surface area contributed by atoms with E-state index < -0.39 is 0 Å². The molecule has 0 atom stereocenters. The third kappa shape index (κ3) is 4.49. The Kier molecular flexibility index (Phi) is 5.74. The fourth-order valence-electron chi connectivity index (χ4n) is 3.74. The lowest BCUT2D eigenvalue weighted by atomic mass is 10.1. The highest BCUT2D eigenvalue weighted by Crippen LogP contribution is 2.25. The van der Waals surface area contributed by atoms with Crippen LogP contribution in [0.15, 0.2) is 85.3 Å². The van der Waals surface area contributed by atoms with Gasteiger partial charge >= 0.3 is 0 Å². The van der Waals surface area contributed by atoms with Gasteiger partial charge in [0.2, 0.25) is 0 Å². The average Bonchev–Trinajstić information content (AvgIpc) is 3.27. The summed E-state index contributed by atoms with van der Waals surface area (Å²) in [5.74, 6) is -0.299. The number of nitrogens with zero attached hydrogens (tertiary/aromatic N) is 3. The molecule has 0 fully saturated rings. The van der Waals surface area contributed by atoms with E-state index in [0.717, 1.165) is 33.7 Å². The van der Waals surface area contributed by atoms with E-state index in [1.165, 1.54) is 0 Å². The van der Waals surface area contributed by atoms with Crippen molar-refractivity contribution in [3.63, 3.8) is 0 Å². The summed E-state index contributed by atoms with van der Waals surface area (Å²) < 4.78 is 2.01. The first-order chi connectivity index (χ1) is 16.5. The number of imidazole rings is 1. The molecule has 2 N–H and O–H groups in total. The Hall–Kier alpha value is -4.16. The molecule has 0 aliphatic carbocycles. The molecule has 168 valence electrons. The number of rotatable bonds is 5. The maximum absolute atomic E-state index is 13.0. The van der Waals surface area contributed by atoms with Gasteiger partial charge in [-0.25, -0.2) is 9.97 Å². The van der Waals surface area contributed by atoms with Crippen LogP contribution in [0.1, 0.15) is 21.6 Å². The quantitative estimate of drug-likeness (QED) is 0.303. The molecule has 1 amide bonds. The first kappa shape index (κ1) is 21.7. The number of hydrogen-bond acceptors (Lipinski definition) is 4. The lowest BCUT2D eigenvalue weighted by Crippen LogP contribution is -2.16. The molecule has 0 aliphatic rings. The normalized spacial score (nSPS) is 10.9. The van der Waals surface area contributed by atoms with Crippen molar-refractivity contribution < 1.29 is 4.79 Å². The Labute approximate surface area is 202 Å². The van der Waals surface area contributed by atoms with Crippen LogP contribution < -0.4 is 10.6 Å². The third-order valence-electron chi connectivity index (χ3n) is 5.48. The summed E-state index contributed by atoms with van der Waals surface area (Å²) in [6.07, 6.45) is 5.66. The Morgan fingerprint density at radius 1 is 0.971 bits per heavy atom. The van der Waals surface area contributed by atoms with Gasteiger partial charge in [0.05, 0.1) is 11.4 Å². The second-order valence-corrected chi connectivity index (χ2v) is 8.56. The van der Waals surface area contributed by atoms with E-state index in [1.807, 2.05) is 85.2 Å². The van der Waals surface area contributed by atoms with Gasteiger partial charge < -0.3 is 15.0 Å². The zero-order chi connectivity index (χ0) is 23.7. The molecule has 34 heavy (non-hydrogen) atoms. The number of anilines is 3. The van der Waals surface area contributed by atoms with Crippen LogP contribution in [0.5, 0.6) is 0 Å². The maximum atomic E-state index is 13.0. The lowest BCUT2D eigenvalue weighted by Gasteiger charge is -2.13. The Morgan fingerprint density at radius 3 is 2.44 bits per heavy atom. The van der Waals surface area contributed by atoms with Crippen molar-refractivity contribution in [1.29, 1.82) is 0 Å². The number of aryl methyl sites for hydroxylation is 2. The highest BCUT2D eigenvalue weighted by Gasteiger charge is 2.15. The van der Waals surface area contributed by atoms with Crippen LogP contribution in [0.3, 0.4) is 0 Å². The van der Waals surface area contributed by atoms with E-state index in [9.17, 15) is 4.79 Å². The molecular weight excluding hydrogens is 446 g/mol. The Bertz CT molecular complexity index is 1490. The van der Waals surface area contributed by atoms with E-state index >= 15 is 0 Å². The lowest BCUT2D eigenvalue weighted by molar-refractivity contribution is 0.102. The topological polar surface area (TPSA) is 71.3 Å². The standard InChI is InChI=1S/C27H22ClN5O/c1-17-14-23(30-21-11-7-20(28)8-12-21)25(29-15-17)27(34)31-22-9-5-19(6-10-22)24-16-33-13-3-4-18(2)26(33)32-24/h3-16,30H,1-2H3,(H,31,34). The third-order valence-corrected chi connectivity index (χ3v) is 5.73. The highest BCUT2D eigenvalue weighted by molar-refractivity contribution is 6.30. The Balaban J connectivity index is 1.36. The van der Waals surface area contributed by atoms with Crippen LogP contribution in [0.2, 0.25) is 5.02 Å². The van der Waals surface area contributed by atoms with Crippen LogP contribution in [-0.4, -0.2) is 20.3 Å². The first-order valence-corrected chi connectivity index (χ1v) is 11.2. The number of pyridine rings is 2. The molecule has 3 aromatic heterocycles. The zero-order valence-electron chi connectivity index (χ0n) is 18.7. The number of halogens is 1. The summed E-state index contributed by atoms with van der Waals surface area (Å²) in [5, 5.41) is 6.85. The van der Waals surface area contributed by atoms with Crippen molar-refractivity contribution in [2.45, 2.75) is 13.8 Å². The van der Waals surface area contributed by atoms with Gasteiger partial charge in [0, 0.05) is 40.6 Å². The number of nitrogens with one attached hydrogen (secondary N) is 2. The minimum atomic E-state index is -0.299. The number of hydrogen-bond donors (Lipinski definition) is 2. The maximum Gasteiger partial charge on any atom is 0.276 e. The van der Waals surface area contributed by atoms with Gasteiger partial charge in [-0.05, 0) is 73.5 Å². The van der Waals surface area contributed by atoms with Gasteiger partial charge in [-0.3, -0.25) is 4.79 Å². The monoisotopic (exact) mass is 467 g/mol. The number of benzene rings is 2.